The molecule has 1 aliphatic heterocycles. The maximum absolute atomic E-state index is 14.2. The molecule has 2 fully saturated rings. The standard InChI is InChI=1S/C28H28FN3O2/c29-24-6-2-1-4-21(24)20-15-30-27(31-16-20)32-17-28(11-12-28)23-10-9-19(14-25(23)32)26(34)22(5-3-13-33)18-7-8-18/h1-2,4,6,9-10,14-16,18,22,33H,3,5,7-8,11-13,17H2. The van der Waals surface area contributed by atoms with Crippen molar-refractivity contribution in [2.24, 2.45) is 11.8 Å². The van der Waals surface area contributed by atoms with Crippen LogP contribution in [0.5, 0.6) is 0 Å². The maximum Gasteiger partial charge on any atom is 0.229 e. The highest BCUT2D eigenvalue weighted by atomic mass is 19.1. The van der Waals surface area contributed by atoms with Crippen molar-refractivity contribution in [2.45, 2.75) is 43.9 Å². The first-order chi connectivity index (χ1) is 16.6. The molecule has 0 saturated heterocycles. The molecule has 1 N–H and O–H groups in total. The fourth-order valence-electron chi connectivity index (χ4n) is 5.49. The van der Waals surface area contributed by atoms with Crippen LogP contribution in [0.25, 0.3) is 11.1 Å². The first-order valence-corrected chi connectivity index (χ1v) is 12.2. The minimum absolute atomic E-state index is 0.00811. The van der Waals surface area contributed by atoms with Gasteiger partial charge in [0.15, 0.2) is 5.78 Å². The predicted molar refractivity (Wildman–Crippen MR) is 129 cm³/mol. The molecule has 174 valence electrons. The summed E-state index contributed by atoms with van der Waals surface area (Å²) in [5.74, 6) is 0.913. The van der Waals surface area contributed by atoms with Crippen molar-refractivity contribution in [1.29, 1.82) is 0 Å². The monoisotopic (exact) mass is 457 g/mol. The molecule has 2 heterocycles. The number of hydrogen-bond donors (Lipinski definition) is 1. The number of anilines is 2. The first-order valence-electron chi connectivity index (χ1n) is 12.2. The van der Waals surface area contributed by atoms with Gasteiger partial charge in [0.25, 0.3) is 0 Å². The number of nitrogens with zero attached hydrogens (tertiary/aromatic N) is 3. The van der Waals surface area contributed by atoms with Gasteiger partial charge in [-0.05, 0) is 62.1 Å². The minimum Gasteiger partial charge on any atom is -0.396 e. The zero-order chi connectivity index (χ0) is 23.3. The third-order valence-electron chi connectivity index (χ3n) is 7.72. The lowest BCUT2D eigenvalue weighted by molar-refractivity contribution is 0.0890. The van der Waals surface area contributed by atoms with E-state index in [1.54, 1.807) is 30.6 Å². The van der Waals surface area contributed by atoms with E-state index in [-0.39, 0.29) is 29.5 Å². The maximum atomic E-state index is 14.2. The van der Waals surface area contributed by atoms with Crippen LogP contribution in [0.2, 0.25) is 0 Å². The third-order valence-corrected chi connectivity index (χ3v) is 7.72. The highest BCUT2D eigenvalue weighted by Crippen LogP contribution is 2.58. The summed E-state index contributed by atoms with van der Waals surface area (Å²) >= 11 is 0. The summed E-state index contributed by atoms with van der Waals surface area (Å²) in [5.41, 5.74) is 4.26. The number of hydrogen-bond acceptors (Lipinski definition) is 5. The van der Waals surface area contributed by atoms with E-state index in [0.29, 0.717) is 29.4 Å². The smallest absolute Gasteiger partial charge is 0.229 e. The molecule has 1 atom stereocenters. The zero-order valence-electron chi connectivity index (χ0n) is 19.1. The second-order valence-corrected chi connectivity index (χ2v) is 10.0. The SMILES string of the molecule is O=C(c1ccc2c(c1)N(c1ncc(-c3ccccc3F)cn1)CC21CC1)C(CCCO)C1CC1. The highest BCUT2D eigenvalue weighted by molar-refractivity contribution is 5.99. The van der Waals surface area contributed by atoms with Crippen molar-refractivity contribution in [3.05, 3.63) is 71.8 Å². The lowest BCUT2D eigenvalue weighted by atomic mass is 9.88. The van der Waals surface area contributed by atoms with Gasteiger partial charge < -0.3 is 10.0 Å². The van der Waals surface area contributed by atoms with Crippen molar-refractivity contribution < 1.29 is 14.3 Å². The lowest BCUT2D eigenvalue weighted by Crippen LogP contribution is -2.21. The molecule has 2 aliphatic carbocycles. The minimum atomic E-state index is -0.295. The summed E-state index contributed by atoms with van der Waals surface area (Å²) in [6, 6.07) is 12.8. The van der Waals surface area contributed by atoms with Gasteiger partial charge >= 0.3 is 0 Å². The number of Topliss-reactive ketones (excluding diaryl/α,β-unsaturated/α-hetero) is 1. The molecule has 0 bridgehead atoms. The van der Waals surface area contributed by atoms with Crippen LogP contribution in [0.15, 0.2) is 54.9 Å². The number of ketones is 1. The zero-order valence-corrected chi connectivity index (χ0v) is 19.1. The van der Waals surface area contributed by atoms with Crippen LogP contribution in [-0.4, -0.2) is 34.0 Å². The number of benzene rings is 2. The topological polar surface area (TPSA) is 66.3 Å². The molecule has 1 unspecified atom stereocenters. The van der Waals surface area contributed by atoms with E-state index in [2.05, 4.69) is 20.9 Å². The van der Waals surface area contributed by atoms with Gasteiger partial charge in [0.1, 0.15) is 5.82 Å². The van der Waals surface area contributed by atoms with Gasteiger partial charge in [-0.3, -0.25) is 4.79 Å². The van der Waals surface area contributed by atoms with E-state index in [1.165, 1.54) is 11.6 Å². The molecule has 1 spiro atoms. The fraction of sp³-hybridized carbons (Fsp3) is 0.393. The van der Waals surface area contributed by atoms with Crippen LogP contribution in [0.1, 0.15) is 54.4 Å². The first kappa shape index (κ1) is 21.4. The summed E-state index contributed by atoms with van der Waals surface area (Å²) < 4.78 is 14.2. The van der Waals surface area contributed by atoms with E-state index < -0.39 is 0 Å². The Labute approximate surface area is 198 Å². The Kier molecular flexibility index (Phi) is 5.21. The van der Waals surface area contributed by atoms with E-state index in [4.69, 9.17) is 0 Å². The molecule has 6 rings (SSSR count). The van der Waals surface area contributed by atoms with Gasteiger partial charge in [-0.2, -0.15) is 0 Å². The van der Waals surface area contributed by atoms with E-state index in [0.717, 1.165) is 49.9 Å². The fourth-order valence-corrected chi connectivity index (χ4v) is 5.49. The highest BCUT2D eigenvalue weighted by Gasteiger charge is 2.52. The van der Waals surface area contributed by atoms with Gasteiger partial charge in [0.05, 0.1) is 0 Å². The Balaban J connectivity index is 1.32. The van der Waals surface area contributed by atoms with Crippen molar-refractivity contribution in [1.82, 2.24) is 9.97 Å². The molecule has 1 aromatic heterocycles. The van der Waals surface area contributed by atoms with Crippen LogP contribution in [0, 0.1) is 17.7 Å². The molecule has 2 aromatic carbocycles. The van der Waals surface area contributed by atoms with Gasteiger partial charge in [-0.25, -0.2) is 14.4 Å². The quantitative estimate of drug-likeness (QED) is 0.456. The second kappa shape index (κ2) is 8.27. The Morgan fingerprint density at radius 1 is 1.15 bits per heavy atom. The van der Waals surface area contributed by atoms with Crippen molar-refractivity contribution in [3.8, 4) is 11.1 Å². The van der Waals surface area contributed by atoms with Gasteiger partial charge in [-0.1, -0.05) is 30.3 Å². The van der Waals surface area contributed by atoms with Gasteiger partial charge in [0, 0.05) is 59.3 Å². The molecule has 2 saturated carbocycles. The molecule has 3 aromatic rings. The number of halogens is 1. The number of fused-ring (bicyclic) bond motifs is 2. The summed E-state index contributed by atoms with van der Waals surface area (Å²) in [6.07, 6.45) is 9.20. The molecule has 0 radical (unpaired) electrons. The molecule has 34 heavy (non-hydrogen) atoms. The number of aliphatic hydroxyl groups is 1. The van der Waals surface area contributed by atoms with Crippen LogP contribution in [0.4, 0.5) is 16.0 Å². The number of aliphatic hydroxyl groups excluding tert-OH is 1. The second-order valence-electron chi connectivity index (χ2n) is 10.0. The molecule has 3 aliphatic rings. The summed E-state index contributed by atoms with van der Waals surface area (Å²) in [7, 11) is 0. The largest absolute Gasteiger partial charge is 0.396 e. The van der Waals surface area contributed by atoms with Crippen LogP contribution >= 0.6 is 0 Å². The normalized spacial score (nSPS) is 18.7. The number of carbonyl (C=O) groups excluding carboxylic acids is 1. The van der Waals surface area contributed by atoms with Crippen molar-refractivity contribution >= 4 is 17.4 Å². The average molecular weight is 458 g/mol. The summed E-state index contributed by atoms with van der Waals surface area (Å²) in [4.78, 5) is 24.7. The Morgan fingerprint density at radius 2 is 1.91 bits per heavy atom. The van der Waals surface area contributed by atoms with E-state index in [9.17, 15) is 14.3 Å². The molecule has 5 nitrogen and oxygen atoms in total. The van der Waals surface area contributed by atoms with E-state index >= 15 is 0 Å². The van der Waals surface area contributed by atoms with Crippen molar-refractivity contribution in [3.63, 3.8) is 0 Å². The Bertz CT molecular complexity index is 1230. The van der Waals surface area contributed by atoms with Crippen molar-refractivity contribution in [2.75, 3.05) is 18.1 Å². The molecular weight excluding hydrogens is 429 g/mol. The third kappa shape index (κ3) is 3.70. The average Bonchev–Trinajstić information content (AvgIpc) is 3.79. The van der Waals surface area contributed by atoms with Gasteiger partial charge in [0.2, 0.25) is 5.95 Å². The summed E-state index contributed by atoms with van der Waals surface area (Å²) in [5, 5.41) is 9.28. The lowest BCUT2D eigenvalue weighted by Gasteiger charge is -2.19. The van der Waals surface area contributed by atoms with Crippen LogP contribution in [-0.2, 0) is 5.41 Å². The molecule has 6 heteroatoms. The summed E-state index contributed by atoms with van der Waals surface area (Å²) in [6.45, 7) is 0.923. The predicted octanol–water partition coefficient (Wildman–Crippen LogP) is 5.45. The Hall–Kier alpha value is -3.12. The van der Waals surface area contributed by atoms with Crippen LogP contribution in [0.3, 0.4) is 0 Å². The van der Waals surface area contributed by atoms with Gasteiger partial charge in [-0.15, -0.1) is 0 Å². The number of aromatic nitrogens is 2. The van der Waals surface area contributed by atoms with E-state index in [1.807, 2.05) is 12.1 Å². The van der Waals surface area contributed by atoms with Crippen LogP contribution < -0.4 is 4.90 Å². The Morgan fingerprint density at radius 3 is 2.59 bits per heavy atom. The molecule has 0 amide bonds. The number of carbonyl (C=O) groups is 1. The number of rotatable bonds is 8. The molecular formula is C28H28FN3O2.